The van der Waals surface area contributed by atoms with Crippen LogP contribution in [0.4, 0.5) is 6.01 Å². The third-order valence-corrected chi connectivity index (χ3v) is 13.9. The van der Waals surface area contributed by atoms with Crippen LogP contribution in [-0.2, 0) is 19.1 Å². The first kappa shape index (κ1) is 30.5. The summed E-state index contributed by atoms with van der Waals surface area (Å²) in [5.74, 6) is 1.39. The van der Waals surface area contributed by atoms with E-state index in [0.717, 1.165) is 56.1 Å². The fourth-order valence-electron chi connectivity index (χ4n) is 11.8. The van der Waals surface area contributed by atoms with Gasteiger partial charge in [-0.3, -0.25) is 19.7 Å². The Morgan fingerprint density at radius 1 is 0.930 bits per heavy atom. The van der Waals surface area contributed by atoms with Crippen LogP contribution in [0.3, 0.4) is 0 Å². The molecule has 0 radical (unpaired) electrons. The molecule has 0 spiro atoms. The molecule has 0 unspecified atom stereocenters. The van der Waals surface area contributed by atoms with Crippen LogP contribution in [0.2, 0.25) is 0 Å². The number of allylic oxidation sites excluding steroid dienone is 1. The van der Waals surface area contributed by atoms with Crippen LogP contribution in [0.5, 0.6) is 0 Å². The number of aryl methyl sites for hydroxylation is 1. The van der Waals surface area contributed by atoms with Crippen LogP contribution in [0.1, 0.15) is 119 Å². The van der Waals surface area contributed by atoms with Crippen LogP contribution in [0.25, 0.3) is 0 Å². The SMILES string of the molecule is CC(=O)O[C@H]1CC[C@]2(C)[C@H]3CC[C@@H]4C5=C(C(C)C)C(=O)C[C@]5(C(=O)Nc5nnc(C)o5)CC[C@@]4(C)[C@]3(C)CC[C@H]2C1(C)C. The molecule has 8 atom stereocenters. The first-order valence-corrected chi connectivity index (χ1v) is 16.6. The minimum absolute atomic E-state index is 0.0360. The van der Waals surface area contributed by atoms with Gasteiger partial charge in [0, 0.05) is 25.7 Å². The molecule has 236 valence electrons. The molecule has 4 saturated carbocycles. The number of carbonyl (C=O) groups excluding carboxylic acids is 3. The monoisotopic (exact) mass is 593 g/mol. The Morgan fingerprint density at radius 3 is 2.28 bits per heavy atom. The first-order valence-electron chi connectivity index (χ1n) is 16.6. The molecule has 1 aromatic heterocycles. The molecular weight excluding hydrogens is 542 g/mol. The fourth-order valence-corrected chi connectivity index (χ4v) is 11.8. The van der Waals surface area contributed by atoms with Gasteiger partial charge >= 0.3 is 12.0 Å². The minimum Gasteiger partial charge on any atom is -0.462 e. The maximum atomic E-state index is 14.2. The first-order chi connectivity index (χ1) is 20.0. The standard InChI is InChI=1S/C35H51N3O5/c1-19(2)27-23(40)18-35(29(41)36-30-38-37-20(3)42-30)17-16-33(8)22(28(27)35)10-11-25-32(7)14-13-26(43-21(4)39)31(5,6)24(32)12-15-34(25,33)9/h19,22,24-26H,10-18H2,1-9H3,(H,36,38,41)/t22-,24+,25-,26+,32+,33-,34-,35-/m1/s1. The number of nitrogens with one attached hydrogen (secondary N) is 1. The van der Waals surface area contributed by atoms with Gasteiger partial charge in [-0.1, -0.05) is 53.6 Å². The third-order valence-electron chi connectivity index (χ3n) is 13.9. The highest BCUT2D eigenvalue weighted by Crippen LogP contribution is 2.76. The number of amides is 1. The topological polar surface area (TPSA) is 111 Å². The number of ketones is 1. The molecular formula is C35H51N3O5. The van der Waals surface area contributed by atoms with E-state index in [1.165, 1.54) is 6.92 Å². The van der Waals surface area contributed by atoms with Crippen molar-refractivity contribution in [3.8, 4) is 0 Å². The third kappa shape index (κ3) is 4.09. The average Bonchev–Trinajstić information content (AvgIpc) is 3.46. The Labute approximate surface area is 256 Å². The van der Waals surface area contributed by atoms with E-state index in [9.17, 15) is 14.4 Å². The number of nitrogens with zero attached hydrogens (tertiary/aromatic N) is 2. The summed E-state index contributed by atoms with van der Waals surface area (Å²) in [6.07, 6.45) is 8.00. The van der Waals surface area contributed by atoms with Crippen molar-refractivity contribution in [1.82, 2.24) is 10.2 Å². The number of anilines is 1. The minimum atomic E-state index is -0.863. The Hall–Kier alpha value is -2.51. The van der Waals surface area contributed by atoms with Crippen LogP contribution in [0, 0.1) is 57.7 Å². The van der Waals surface area contributed by atoms with Gasteiger partial charge in [-0.2, -0.15) is 0 Å². The van der Waals surface area contributed by atoms with Gasteiger partial charge in [0.1, 0.15) is 6.10 Å². The molecule has 6 rings (SSSR count). The van der Waals surface area contributed by atoms with Gasteiger partial charge in [0.25, 0.3) is 0 Å². The predicted octanol–water partition coefficient (Wildman–Crippen LogP) is 7.23. The maximum absolute atomic E-state index is 14.2. The maximum Gasteiger partial charge on any atom is 0.322 e. The van der Waals surface area contributed by atoms with Crippen molar-refractivity contribution >= 4 is 23.7 Å². The second kappa shape index (κ2) is 9.74. The number of hydrogen-bond acceptors (Lipinski definition) is 7. The van der Waals surface area contributed by atoms with E-state index in [1.54, 1.807) is 6.92 Å². The van der Waals surface area contributed by atoms with Crippen molar-refractivity contribution in [3.05, 3.63) is 17.0 Å². The summed E-state index contributed by atoms with van der Waals surface area (Å²) in [7, 11) is 0. The number of esters is 1. The van der Waals surface area contributed by atoms with Crippen LogP contribution in [-0.4, -0.2) is 34.0 Å². The lowest BCUT2D eigenvalue weighted by atomic mass is 9.33. The van der Waals surface area contributed by atoms with Crippen molar-refractivity contribution in [2.75, 3.05) is 5.32 Å². The lowest BCUT2D eigenvalue weighted by Gasteiger charge is -2.72. The molecule has 8 heteroatoms. The van der Waals surface area contributed by atoms with Crippen molar-refractivity contribution in [2.45, 2.75) is 126 Å². The largest absolute Gasteiger partial charge is 0.462 e. The van der Waals surface area contributed by atoms with E-state index < -0.39 is 5.41 Å². The highest BCUT2D eigenvalue weighted by atomic mass is 16.5. The zero-order valence-electron chi connectivity index (χ0n) is 27.7. The Morgan fingerprint density at radius 2 is 1.65 bits per heavy atom. The van der Waals surface area contributed by atoms with Crippen LogP contribution in [0.15, 0.2) is 15.6 Å². The van der Waals surface area contributed by atoms with Gasteiger partial charge in [-0.05, 0) is 102 Å². The fraction of sp³-hybridized carbons (Fsp3) is 0.800. The number of rotatable bonds is 4. The molecule has 0 aliphatic heterocycles. The molecule has 4 fully saturated rings. The molecule has 0 aromatic carbocycles. The summed E-state index contributed by atoms with van der Waals surface area (Å²) in [5, 5.41) is 10.8. The van der Waals surface area contributed by atoms with E-state index in [-0.39, 0.29) is 69.7 Å². The average molecular weight is 594 g/mol. The van der Waals surface area contributed by atoms with Crippen LogP contribution < -0.4 is 5.32 Å². The predicted molar refractivity (Wildman–Crippen MR) is 163 cm³/mol. The van der Waals surface area contributed by atoms with E-state index in [4.69, 9.17) is 9.15 Å². The Balaban J connectivity index is 1.39. The number of ether oxygens (including phenoxy) is 1. The van der Waals surface area contributed by atoms with Crippen molar-refractivity contribution in [2.24, 2.45) is 50.7 Å². The van der Waals surface area contributed by atoms with E-state index in [0.29, 0.717) is 24.1 Å². The number of carbonyl (C=O) groups is 3. The van der Waals surface area contributed by atoms with E-state index in [2.05, 4.69) is 64.0 Å². The molecule has 5 aliphatic carbocycles. The highest BCUT2D eigenvalue weighted by molar-refractivity contribution is 6.09. The zero-order chi connectivity index (χ0) is 31.3. The molecule has 0 bridgehead atoms. The van der Waals surface area contributed by atoms with Gasteiger partial charge in [0.05, 0.1) is 5.41 Å². The van der Waals surface area contributed by atoms with Crippen molar-refractivity contribution < 1.29 is 23.5 Å². The molecule has 1 heterocycles. The molecule has 43 heavy (non-hydrogen) atoms. The van der Waals surface area contributed by atoms with Gasteiger partial charge in [-0.25, -0.2) is 0 Å². The molecule has 1 N–H and O–H groups in total. The number of aromatic nitrogens is 2. The summed E-state index contributed by atoms with van der Waals surface area (Å²) >= 11 is 0. The second-order valence-electron chi connectivity index (χ2n) is 16.3. The summed E-state index contributed by atoms with van der Waals surface area (Å²) in [6.45, 7) is 19.6. The van der Waals surface area contributed by atoms with E-state index in [1.807, 2.05) is 0 Å². The Kier molecular flexibility index (Phi) is 6.91. The molecule has 5 aliphatic rings. The lowest BCUT2D eigenvalue weighted by Crippen LogP contribution is -2.66. The summed E-state index contributed by atoms with van der Waals surface area (Å²) in [5.41, 5.74) is 1.22. The molecule has 0 saturated heterocycles. The van der Waals surface area contributed by atoms with Crippen molar-refractivity contribution in [3.63, 3.8) is 0 Å². The second-order valence-corrected chi connectivity index (χ2v) is 16.3. The van der Waals surface area contributed by atoms with Crippen molar-refractivity contribution in [1.29, 1.82) is 0 Å². The smallest absolute Gasteiger partial charge is 0.322 e. The van der Waals surface area contributed by atoms with Gasteiger partial charge < -0.3 is 9.15 Å². The van der Waals surface area contributed by atoms with E-state index >= 15 is 0 Å². The van der Waals surface area contributed by atoms with Gasteiger partial charge in [0.15, 0.2) is 5.78 Å². The van der Waals surface area contributed by atoms with Crippen LogP contribution >= 0.6 is 0 Å². The summed E-state index contributed by atoms with van der Waals surface area (Å²) in [6, 6.07) is 0.101. The molecule has 1 amide bonds. The molecule has 1 aromatic rings. The highest BCUT2D eigenvalue weighted by Gasteiger charge is 2.71. The summed E-state index contributed by atoms with van der Waals surface area (Å²) < 4.78 is 11.4. The quantitative estimate of drug-likeness (QED) is 0.367. The number of fused-ring (bicyclic) bond motifs is 7. The normalized spacial score (nSPS) is 41.7. The van der Waals surface area contributed by atoms with Gasteiger partial charge in [0.2, 0.25) is 11.8 Å². The Bertz CT molecular complexity index is 1390. The summed E-state index contributed by atoms with van der Waals surface area (Å²) in [4.78, 5) is 40.0. The lowest BCUT2D eigenvalue weighted by molar-refractivity contribution is -0.232. The van der Waals surface area contributed by atoms with Gasteiger partial charge in [-0.15, -0.1) is 5.10 Å². The number of hydrogen-bond donors (Lipinski definition) is 1. The number of Topliss-reactive ketones (excluding diaryl/α,β-unsaturated/α-hetero) is 1. The zero-order valence-corrected chi connectivity index (χ0v) is 27.7. The molecule has 8 nitrogen and oxygen atoms in total.